The zero-order chi connectivity index (χ0) is 14.4. The van der Waals surface area contributed by atoms with Crippen molar-refractivity contribution < 1.29 is 0 Å². The van der Waals surface area contributed by atoms with Crippen molar-refractivity contribution in [2.45, 2.75) is 46.2 Å². The highest BCUT2D eigenvalue weighted by molar-refractivity contribution is 4.91. The lowest BCUT2D eigenvalue weighted by molar-refractivity contribution is 0.257. The molecule has 0 aliphatic carbocycles. The van der Waals surface area contributed by atoms with Gasteiger partial charge >= 0.3 is 0 Å². The monoisotopic (exact) mass is 279 g/mol. The summed E-state index contributed by atoms with van der Waals surface area (Å²) in [5.41, 5.74) is 1.02. The summed E-state index contributed by atoms with van der Waals surface area (Å²) < 4.78 is 1.97. The van der Waals surface area contributed by atoms with Crippen molar-refractivity contribution in [3.05, 3.63) is 11.9 Å². The Morgan fingerprint density at radius 2 is 2.15 bits per heavy atom. The summed E-state index contributed by atoms with van der Waals surface area (Å²) in [5, 5.41) is 11.4. The van der Waals surface area contributed by atoms with Crippen LogP contribution in [0.25, 0.3) is 0 Å². The number of nitrogens with zero attached hydrogens (tertiary/aromatic N) is 4. The predicted molar refractivity (Wildman–Crippen MR) is 81.4 cm³/mol. The molecule has 1 aliphatic heterocycles. The van der Waals surface area contributed by atoms with E-state index >= 15 is 0 Å². The predicted octanol–water partition coefficient (Wildman–Crippen LogP) is 1.76. The first kappa shape index (κ1) is 15.4. The molecule has 0 bridgehead atoms. The summed E-state index contributed by atoms with van der Waals surface area (Å²) in [5.74, 6) is 1.74. The Morgan fingerprint density at radius 1 is 1.30 bits per heavy atom. The second kappa shape index (κ2) is 7.74. The van der Waals surface area contributed by atoms with E-state index in [0.29, 0.717) is 0 Å². The molecule has 20 heavy (non-hydrogen) atoms. The maximum absolute atomic E-state index is 4.19. The van der Waals surface area contributed by atoms with Gasteiger partial charge in [-0.15, -0.1) is 5.10 Å². The van der Waals surface area contributed by atoms with Crippen molar-refractivity contribution >= 4 is 0 Å². The van der Waals surface area contributed by atoms with Crippen LogP contribution in [0.1, 0.15) is 38.8 Å². The van der Waals surface area contributed by atoms with Crippen LogP contribution in [0.4, 0.5) is 0 Å². The lowest BCUT2D eigenvalue weighted by Gasteiger charge is -2.21. The fraction of sp³-hybridized carbons (Fsp3) is 0.867. The van der Waals surface area contributed by atoms with Crippen molar-refractivity contribution in [3.8, 4) is 0 Å². The number of hydrogen-bond donors (Lipinski definition) is 1. The van der Waals surface area contributed by atoms with Gasteiger partial charge in [0.1, 0.15) is 0 Å². The average molecular weight is 279 g/mol. The van der Waals surface area contributed by atoms with Gasteiger partial charge in [0.2, 0.25) is 0 Å². The number of rotatable bonds is 6. The number of nitrogens with one attached hydrogen (secondary N) is 1. The van der Waals surface area contributed by atoms with Crippen LogP contribution in [0.3, 0.4) is 0 Å². The maximum atomic E-state index is 4.19. The SMILES string of the molecule is CNCc1cn(CCN2CCCC(C(C)C)CC2)nn1. The molecule has 5 heteroatoms. The largest absolute Gasteiger partial charge is 0.314 e. The molecule has 1 N–H and O–H groups in total. The molecule has 0 spiro atoms. The smallest absolute Gasteiger partial charge is 0.0964 e. The Hall–Kier alpha value is -0.940. The molecule has 1 aromatic rings. The molecule has 2 heterocycles. The summed E-state index contributed by atoms with van der Waals surface area (Å²) in [6.07, 6.45) is 6.13. The summed E-state index contributed by atoms with van der Waals surface area (Å²) >= 11 is 0. The van der Waals surface area contributed by atoms with E-state index in [9.17, 15) is 0 Å². The van der Waals surface area contributed by atoms with Crippen molar-refractivity contribution in [1.82, 2.24) is 25.2 Å². The molecule has 1 unspecified atom stereocenters. The van der Waals surface area contributed by atoms with Crippen LogP contribution in [-0.2, 0) is 13.1 Å². The molecule has 1 atom stereocenters. The zero-order valence-electron chi connectivity index (χ0n) is 13.2. The van der Waals surface area contributed by atoms with Crippen LogP contribution in [-0.4, -0.2) is 46.6 Å². The minimum Gasteiger partial charge on any atom is -0.314 e. The van der Waals surface area contributed by atoms with E-state index in [1.165, 1.54) is 32.4 Å². The first-order chi connectivity index (χ1) is 9.69. The number of hydrogen-bond acceptors (Lipinski definition) is 4. The molecule has 0 radical (unpaired) electrons. The quantitative estimate of drug-likeness (QED) is 0.862. The van der Waals surface area contributed by atoms with Crippen LogP contribution < -0.4 is 5.32 Å². The Bertz CT molecular complexity index is 387. The molecule has 2 rings (SSSR count). The van der Waals surface area contributed by atoms with Crippen LogP contribution in [0.15, 0.2) is 6.20 Å². The van der Waals surface area contributed by atoms with Gasteiger partial charge in [0.05, 0.1) is 12.2 Å². The van der Waals surface area contributed by atoms with Gasteiger partial charge in [-0.05, 0) is 51.2 Å². The van der Waals surface area contributed by atoms with E-state index in [1.807, 2.05) is 17.9 Å². The summed E-state index contributed by atoms with van der Waals surface area (Å²) in [6, 6.07) is 0. The minimum absolute atomic E-state index is 0.791. The third-order valence-corrected chi connectivity index (χ3v) is 4.40. The van der Waals surface area contributed by atoms with Crippen molar-refractivity contribution in [1.29, 1.82) is 0 Å². The zero-order valence-corrected chi connectivity index (χ0v) is 13.2. The average Bonchev–Trinajstić information content (AvgIpc) is 2.73. The topological polar surface area (TPSA) is 46.0 Å². The standard InChI is InChI=1S/C15H29N5/c1-13(2)14-5-4-7-19(8-6-14)9-10-20-12-15(11-16-3)17-18-20/h12-14,16H,4-11H2,1-3H3. The van der Waals surface area contributed by atoms with E-state index in [2.05, 4.69) is 34.4 Å². The fourth-order valence-electron chi connectivity index (χ4n) is 3.03. The van der Waals surface area contributed by atoms with Crippen molar-refractivity contribution in [2.24, 2.45) is 11.8 Å². The van der Waals surface area contributed by atoms with Gasteiger partial charge < -0.3 is 10.2 Å². The molecule has 1 saturated heterocycles. The first-order valence-corrected chi connectivity index (χ1v) is 7.95. The van der Waals surface area contributed by atoms with E-state index in [0.717, 1.165) is 37.2 Å². The van der Waals surface area contributed by atoms with E-state index in [-0.39, 0.29) is 0 Å². The van der Waals surface area contributed by atoms with Gasteiger partial charge in [-0.2, -0.15) is 0 Å². The molecule has 114 valence electrons. The Labute approximate surface area is 122 Å². The van der Waals surface area contributed by atoms with Gasteiger partial charge in [0.15, 0.2) is 0 Å². The van der Waals surface area contributed by atoms with Gasteiger partial charge in [-0.1, -0.05) is 19.1 Å². The Balaban J connectivity index is 1.75. The van der Waals surface area contributed by atoms with Crippen LogP contribution in [0, 0.1) is 11.8 Å². The van der Waals surface area contributed by atoms with E-state index in [1.54, 1.807) is 0 Å². The molecule has 0 aromatic carbocycles. The lowest BCUT2D eigenvalue weighted by atomic mass is 9.89. The highest BCUT2D eigenvalue weighted by Crippen LogP contribution is 2.24. The third kappa shape index (κ3) is 4.56. The molecule has 1 aromatic heterocycles. The minimum atomic E-state index is 0.791. The van der Waals surface area contributed by atoms with E-state index < -0.39 is 0 Å². The molecule has 5 nitrogen and oxygen atoms in total. The van der Waals surface area contributed by atoms with Gasteiger partial charge in [0.25, 0.3) is 0 Å². The second-order valence-electron chi connectivity index (χ2n) is 6.28. The van der Waals surface area contributed by atoms with Crippen LogP contribution in [0.5, 0.6) is 0 Å². The second-order valence-corrected chi connectivity index (χ2v) is 6.28. The molecule has 0 saturated carbocycles. The normalized spacial score (nSPS) is 21.3. The highest BCUT2D eigenvalue weighted by Gasteiger charge is 2.19. The molecular weight excluding hydrogens is 250 g/mol. The summed E-state index contributed by atoms with van der Waals surface area (Å²) in [6.45, 7) is 10.0. The van der Waals surface area contributed by atoms with Crippen molar-refractivity contribution in [3.63, 3.8) is 0 Å². The summed E-state index contributed by atoms with van der Waals surface area (Å²) in [4.78, 5) is 2.59. The summed E-state index contributed by atoms with van der Waals surface area (Å²) in [7, 11) is 1.93. The molecule has 1 fully saturated rings. The van der Waals surface area contributed by atoms with Gasteiger partial charge in [-0.25, -0.2) is 0 Å². The van der Waals surface area contributed by atoms with Crippen LogP contribution in [0.2, 0.25) is 0 Å². The van der Waals surface area contributed by atoms with Crippen molar-refractivity contribution in [2.75, 3.05) is 26.7 Å². The van der Waals surface area contributed by atoms with E-state index in [4.69, 9.17) is 0 Å². The van der Waals surface area contributed by atoms with Crippen LogP contribution >= 0.6 is 0 Å². The molecular formula is C15H29N5. The Morgan fingerprint density at radius 3 is 2.90 bits per heavy atom. The fourth-order valence-corrected chi connectivity index (χ4v) is 3.03. The first-order valence-electron chi connectivity index (χ1n) is 7.95. The third-order valence-electron chi connectivity index (χ3n) is 4.40. The lowest BCUT2D eigenvalue weighted by Crippen LogP contribution is -2.29. The number of aromatic nitrogens is 3. The molecule has 0 amide bonds. The highest BCUT2D eigenvalue weighted by atomic mass is 15.4. The maximum Gasteiger partial charge on any atom is 0.0964 e. The van der Waals surface area contributed by atoms with Gasteiger partial charge in [-0.3, -0.25) is 4.68 Å². The van der Waals surface area contributed by atoms with Gasteiger partial charge in [0, 0.05) is 19.3 Å². The molecule has 1 aliphatic rings. The Kier molecular flexibility index (Phi) is 5.98. The number of likely N-dealkylation sites (tertiary alicyclic amines) is 1.